The number of hydrogen-bond donors (Lipinski definition) is 1. The van der Waals surface area contributed by atoms with Crippen LogP contribution >= 0.6 is 27.7 Å². The summed E-state index contributed by atoms with van der Waals surface area (Å²) < 4.78 is 1.11. The zero-order valence-corrected chi connectivity index (χ0v) is 14.2. The van der Waals surface area contributed by atoms with Crippen LogP contribution in [0.5, 0.6) is 0 Å². The highest BCUT2D eigenvalue weighted by atomic mass is 79.9. The van der Waals surface area contributed by atoms with Crippen molar-refractivity contribution in [2.24, 2.45) is 5.73 Å². The van der Waals surface area contributed by atoms with Gasteiger partial charge in [-0.2, -0.15) is 0 Å². The predicted molar refractivity (Wildman–Crippen MR) is 92.2 cm³/mol. The summed E-state index contributed by atoms with van der Waals surface area (Å²) in [6, 6.07) is 17.3. The van der Waals surface area contributed by atoms with Crippen LogP contribution in [0.1, 0.15) is 29.7 Å². The molecule has 0 amide bonds. The first-order valence-corrected chi connectivity index (χ1v) is 8.51. The minimum Gasteiger partial charge on any atom is -0.326 e. The molecule has 0 radical (unpaired) electrons. The second kappa shape index (κ2) is 7.30. The second-order valence-corrected chi connectivity index (χ2v) is 7.11. The molecule has 2 N–H and O–H groups in total. The molecule has 1 nitrogen and oxygen atoms in total. The van der Waals surface area contributed by atoms with Gasteiger partial charge in [-0.25, -0.2) is 0 Å². The Bertz CT molecular complexity index is 536. The minimum atomic E-state index is 0.159. The molecule has 0 saturated heterocycles. The lowest BCUT2D eigenvalue weighted by molar-refractivity contribution is 0.634. The van der Waals surface area contributed by atoms with Gasteiger partial charge in [0.05, 0.1) is 0 Å². The Labute approximate surface area is 134 Å². The summed E-state index contributed by atoms with van der Waals surface area (Å²) in [5.74, 6) is 0. The third-order valence-electron chi connectivity index (χ3n) is 3.34. The summed E-state index contributed by atoms with van der Waals surface area (Å²) in [4.78, 5) is 1.25. The summed E-state index contributed by atoms with van der Waals surface area (Å²) in [5.41, 5.74) is 8.92. The number of rotatable bonds is 5. The third kappa shape index (κ3) is 4.11. The molecule has 3 heteroatoms. The van der Waals surface area contributed by atoms with E-state index in [4.69, 9.17) is 5.73 Å². The summed E-state index contributed by atoms with van der Waals surface area (Å²) in [6.45, 7) is 4.26. The average Bonchev–Trinajstić information content (AvgIpc) is 2.47. The lowest BCUT2D eigenvalue weighted by atomic mass is 10.0. The zero-order chi connectivity index (χ0) is 14.5. The summed E-state index contributed by atoms with van der Waals surface area (Å²) in [6.07, 6.45) is 0.974. The van der Waals surface area contributed by atoms with Crippen LogP contribution < -0.4 is 5.73 Å². The fourth-order valence-electron chi connectivity index (χ4n) is 2.03. The van der Waals surface area contributed by atoms with Crippen molar-refractivity contribution in [2.45, 2.75) is 36.5 Å². The molecule has 0 spiro atoms. The standard InChI is InChI=1S/C17H20BrNS/c1-3-16(19)17(13-6-4-12(2)5-7-13)20-15-10-8-14(18)9-11-15/h4-11,16-17H,3,19H2,1-2H3. The van der Waals surface area contributed by atoms with Crippen molar-refractivity contribution >= 4 is 27.7 Å². The lowest BCUT2D eigenvalue weighted by Crippen LogP contribution is -2.25. The summed E-state index contributed by atoms with van der Waals surface area (Å²) in [5, 5.41) is 0.293. The first kappa shape index (κ1) is 15.6. The second-order valence-electron chi connectivity index (χ2n) is 4.98. The van der Waals surface area contributed by atoms with Crippen LogP contribution in [0.4, 0.5) is 0 Å². The topological polar surface area (TPSA) is 26.0 Å². The van der Waals surface area contributed by atoms with Crippen molar-refractivity contribution in [1.29, 1.82) is 0 Å². The van der Waals surface area contributed by atoms with Gasteiger partial charge in [0.25, 0.3) is 0 Å². The molecule has 0 aromatic heterocycles. The fourth-order valence-corrected chi connectivity index (χ4v) is 3.54. The average molecular weight is 350 g/mol. The molecule has 0 bridgehead atoms. The molecule has 0 saturated carbocycles. The Hall–Kier alpha value is -0.770. The molecule has 0 heterocycles. The molecule has 2 aromatic rings. The maximum atomic E-state index is 6.33. The van der Waals surface area contributed by atoms with Crippen LogP contribution in [0.15, 0.2) is 57.9 Å². The van der Waals surface area contributed by atoms with Gasteiger partial charge in [0.1, 0.15) is 0 Å². The maximum absolute atomic E-state index is 6.33. The molecule has 2 unspecified atom stereocenters. The van der Waals surface area contributed by atoms with E-state index in [1.807, 2.05) is 11.8 Å². The minimum absolute atomic E-state index is 0.159. The predicted octanol–water partition coefficient (Wildman–Crippen LogP) is 5.33. The van der Waals surface area contributed by atoms with Gasteiger partial charge < -0.3 is 5.73 Å². The van der Waals surface area contributed by atoms with E-state index in [0.717, 1.165) is 10.9 Å². The van der Waals surface area contributed by atoms with Crippen LogP contribution in [0.25, 0.3) is 0 Å². The molecule has 106 valence electrons. The van der Waals surface area contributed by atoms with E-state index in [9.17, 15) is 0 Å². The van der Waals surface area contributed by atoms with Crippen molar-refractivity contribution in [2.75, 3.05) is 0 Å². The number of halogens is 1. The van der Waals surface area contributed by atoms with Crippen molar-refractivity contribution in [3.8, 4) is 0 Å². The first-order chi connectivity index (χ1) is 9.60. The van der Waals surface area contributed by atoms with Crippen molar-refractivity contribution < 1.29 is 0 Å². The number of benzene rings is 2. The number of thioether (sulfide) groups is 1. The van der Waals surface area contributed by atoms with Crippen LogP contribution in [0, 0.1) is 6.92 Å². The van der Waals surface area contributed by atoms with Gasteiger partial charge in [-0.3, -0.25) is 0 Å². The molecule has 2 rings (SSSR count). The number of aryl methyl sites for hydroxylation is 1. The highest BCUT2D eigenvalue weighted by Crippen LogP contribution is 2.38. The molecule has 0 aliphatic carbocycles. The van der Waals surface area contributed by atoms with Gasteiger partial charge in [0.2, 0.25) is 0 Å². The molecule has 0 aliphatic heterocycles. The Kier molecular flexibility index (Phi) is 5.70. The van der Waals surface area contributed by atoms with E-state index in [1.165, 1.54) is 16.0 Å². The molecular weight excluding hydrogens is 330 g/mol. The Morgan fingerprint density at radius 1 is 1.05 bits per heavy atom. The van der Waals surface area contributed by atoms with E-state index in [1.54, 1.807) is 0 Å². The quantitative estimate of drug-likeness (QED) is 0.738. The number of nitrogens with two attached hydrogens (primary N) is 1. The van der Waals surface area contributed by atoms with Gasteiger partial charge in [-0.1, -0.05) is 52.7 Å². The molecular formula is C17H20BrNS. The highest BCUT2D eigenvalue weighted by Gasteiger charge is 2.19. The largest absolute Gasteiger partial charge is 0.326 e. The van der Waals surface area contributed by atoms with Crippen molar-refractivity contribution in [1.82, 2.24) is 0 Å². The molecule has 0 aliphatic rings. The van der Waals surface area contributed by atoms with Gasteiger partial charge in [-0.15, -0.1) is 11.8 Å². The van der Waals surface area contributed by atoms with E-state index >= 15 is 0 Å². The highest BCUT2D eigenvalue weighted by molar-refractivity contribution is 9.10. The first-order valence-electron chi connectivity index (χ1n) is 6.84. The Balaban J connectivity index is 2.23. The zero-order valence-electron chi connectivity index (χ0n) is 11.8. The SMILES string of the molecule is CCC(N)C(Sc1ccc(Br)cc1)c1ccc(C)cc1. The maximum Gasteiger partial charge on any atom is 0.0495 e. The van der Waals surface area contributed by atoms with Crippen LogP contribution in [-0.4, -0.2) is 6.04 Å². The fraction of sp³-hybridized carbons (Fsp3) is 0.294. The van der Waals surface area contributed by atoms with Crippen LogP contribution in [-0.2, 0) is 0 Å². The van der Waals surface area contributed by atoms with Gasteiger partial charge in [-0.05, 0) is 43.2 Å². The van der Waals surface area contributed by atoms with E-state index in [2.05, 4.69) is 78.3 Å². The molecule has 0 fully saturated rings. The van der Waals surface area contributed by atoms with Crippen LogP contribution in [0.2, 0.25) is 0 Å². The molecule has 2 aromatic carbocycles. The Morgan fingerprint density at radius 3 is 2.20 bits per heavy atom. The van der Waals surface area contributed by atoms with Gasteiger partial charge >= 0.3 is 0 Å². The van der Waals surface area contributed by atoms with Crippen molar-refractivity contribution in [3.05, 3.63) is 64.1 Å². The number of hydrogen-bond acceptors (Lipinski definition) is 2. The van der Waals surface area contributed by atoms with Gasteiger partial charge in [0, 0.05) is 20.7 Å². The summed E-state index contributed by atoms with van der Waals surface area (Å²) >= 11 is 5.32. The lowest BCUT2D eigenvalue weighted by Gasteiger charge is -2.23. The monoisotopic (exact) mass is 349 g/mol. The van der Waals surface area contributed by atoms with Gasteiger partial charge in [0.15, 0.2) is 0 Å². The third-order valence-corrected chi connectivity index (χ3v) is 5.29. The van der Waals surface area contributed by atoms with Crippen LogP contribution in [0.3, 0.4) is 0 Å². The van der Waals surface area contributed by atoms with E-state index in [0.29, 0.717) is 5.25 Å². The van der Waals surface area contributed by atoms with Crippen molar-refractivity contribution in [3.63, 3.8) is 0 Å². The van der Waals surface area contributed by atoms with E-state index in [-0.39, 0.29) is 6.04 Å². The smallest absolute Gasteiger partial charge is 0.0495 e. The molecule has 20 heavy (non-hydrogen) atoms. The summed E-state index contributed by atoms with van der Waals surface area (Å²) in [7, 11) is 0. The normalized spacial score (nSPS) is 14.0. The van der Waals surface area contributed by atoms with E-state index < -0.39 is 0 Å². The molecule has 2 atom stereocenters. The Morgan fingerprint density at radius 2 is 1.65 bits per heavy atom.